The number of carbonyl (C=O) groups is 1. The predicted molar refractivity (Wildman–Crippen MR) is 62.3 cm³/mol. The average molecular weight is 219 g/mol. The van der Waals surface area contributed by atoms with Crippen molar-refractivity contribution in [2.24, 2.45) is 5.41 Å². The van der Waals surface area contributed by atoms with Crippen molar-refractivity contribution in [3.05, 3.63) is 35.4 Å². The summed E-state index contributed by atoms with van der Waals surface area (Å²) in [7, 11) is 1.83. The van der Waals surface area contributed by atoms with Crippen molar-refractivity contribution in [2.75, 3.05) is 7.05 Å². The summed E-state index contributed by atoms with van der Waals surface area (Å²) in [5.74, 6) is -0.688. The van der Waals surface area contributed by atoms with E-state index in [1.165, 1.54) is 5.56 Å². The number of aliphatic carboxylic acids is 1. The molecule has 2 N–H and O–H groups in total. The molecule has 1 aromatic rings. The Balaban J connectivity index is 2.30. The Morgan fingerprint density at radius 2 is 1.94 bits per heavy atom. The summed E-state index contributed by atoms with van der Waals surface area (Å²) in [5, 5.41) is 12.4. The highest BCUT2D eigenvalue weighted by atomic mass is 16.4. The maximum absolute atomic E-state index is 11.3. The first-order valence-corrected chi connectivity index (χ1v) is 5.57. The molecule has 1 unspecified atom stereocenters. The Morgan fingerprint density at radius 3 is 2.31 bits per heavy atom. The molecule has 0 aliphatic heterocycles. The number of benzene rings is 1. The van der Waals surface area contributed by atoms with Gasteiger partial charge in [0.1, 0.15) is 0 Å². The van der Waals surface area contributed by atoms with Crippen LogP contribution in [0, 0.1) is 12.3 Å². The molecule has 16 heavy (non-hydrogen) atoms. The number of rotatable bonds is 4. The molecule has 0 bridgehead atoms. The summed E-state index contributed by atoms with van der Waals surface area (Å²) in [6, 6.07) is 8.00. The van der Waals surface area contributed by atoms with E-state index in [9.17, 15) is 9.90 Å². The number of hydrogen-bond donors (Lipinski definition) is 2. The van der Waals surface area contributed by atoms with Crippen molar-refractivity contribution >= 4 is 5.97 Å². The van der Waals surface area contributed by atoms with E-state index < -0.39 is 11.4 Å². The van der Waals surface area contributed by atoms with Crippen LogP contribution >= 0.6 is 0 Å². The van der Waals surface area contributed by atoms with Crippen molar-refractivity contribution in [2.45, 2.75) is 25.8 Å². The molecule has 0 saturated heterocycles. The lowest BCUT2D eigenvalue weighted by Crippen LogP contribution is -2.32. The van der Waals surface area contributed by atoms with Gasteiger partial charge in [-0.3, -0.25) is 4.79 Å². The SMILES string of the molecule is CNC(c1ccc(C)cc1)C1(C(=O)O)CC1. The van der Waals surface area contributed by atoms with Gasteiger partial charge in [0.15, 0.2) is 0 Å². The summed E-state index contributed by atoms with van der Waals surface area (Å²) >= 11 is 0. The minimum atomic E-state index is -0.688. The second kappa shape index (κ2) is 3.91. The molecule has 0 aromatic heterocycles. The molecular formula is C13H17NO2. The van der Waals surface area contributed by atoms with Crippen LogP contribution in [0.1, 0.15) is 30.0 Å². The van der Waals surface area contributed by atoms with E-state index in [-0.39, 0.29) is 6.04 Å². The molecule has 86 valence electrons. The van der Waals surface area contributed by atoms with Crippen molar-refractivity contribution in [1.82, 2.24) is 5.32 Å². The molecule has 1 atom stereocenters. The lowest BCUT2D eigenvalue weighted by atomic mass is 9.90. The number of nitrogens with one attached hydrogen (secondary N) is 1. The van der Waals surface area contributed by atoms with Gasteiger partial charge < -0.3 is 10.4 Å². The smallest absolute Gasteiger partial charge is 0.311 e. The van der Waals surface area contributed by atoms with Gasteiger partial charge in [-0.05, 0) is 32.4 Å². The van der Waals surface area contributed by atoms with Crippen LogP contribution in [0.15, 0.2) is 24.3 Å². The quantitative estimate of drug-likeness (QED) is 0.815. The second-order valence-corrected chi connectivity index (χ2v) is 4.59. The van der Waals surface area contributed by atoms with Crippen LogP contribution in [0.2, 0.25) is 0 Å². The first kappa shape index (κ1) is 11.1. The Kier molecular flexibility index (Phi) is 2.72. The lowest BCUT2D eigenvalue weighted by molar-refractivity contribution is -0.144. The van der Waals surface area contributed by atoms with Gasteiger partial charge in [-0.1, -0.05) is 29.8 Å². The summed E-state index contributed by atoms with van der Waals surface area (Å²) in [6.07, 6.45) is 1.53. The minimum absolute atomic E-state index is 0.0781. The van der Waals surface area contributed by atoms with Gasteiger partial charge in [0, 0.05) is 6.04 Å². The van der Waals surface area contributed by atoms with Gasteiger partial charge in [0.2, 0.25) is 0 Å². The van der Waals surface area contributed by atoms with Crippen molar-refractivity contribution in [3.63, 3.8) is 0 Å². The minimum Gasteiger partial charge on any atom is -0.481 e. The van der Waals surface area contributed by atoms with Crippen LogP contribution in [0.5, 0.6) is 0 Å². The molecule has 0 amide bonds. The predicted octanol–water partition coefficient (Wildman–Crippen LogP) is 2.12. The molecule has 1 saturated carbocycles. The maximum Gasteiger partial charge on any atom is 0.311 e. The van der Waals surface area contributed by atoms with E-state index in [4.69, 9.17) is 0 Å². The van der Waals surface area contributed by atoms with E-state index in [1.54, 1.807) is 0 Å². The average Bonchev–Trinajstić information content (AvgIpc) is 3.03. The first-order valence-electron chi connectivity index (χ1n) is 5.57. The standard InChI is InChI=1S/C13H17NO2/c1-9-3-5-10(6-4-9)11(14-2)13(7-8-13)12(15)16/h3-6,11,14H,7-8H2,1-2H3,(H,15,16). The highest BCUT2D eigenvalue weighted by Crippen LogP contribution is 2.54. The number of hydrogen-bond acceptors (Lipinski definition) is 2. The van der Waals surface area contributed by atoms with Crippen molar-refractivity contribution in [1.29, 1.82) is 0 Å². The highest BCUT2D eigenvalue weighted by molar-refractivity contribution is 5.79. The van der Waals surface area contributed by atoms with Gasteiger partial charge in [0.05, 0.1) is 5.41 Å². The molecule has 1 aromatic carbocycles. The molecule has 1 aliphatic rings. The monoisotopic (exact) mass is 219 g/mol. The normalized spacial score (nSPS) is 19.1. The first-order chi connectivity index (χ1) is 7.60. The molecule has 2 rings (SSSR count). The molecular weight excluding hydrogens is 202 g/mol. The molecule has 1 aliphatic carbocycles. The Labute approximate surface area is 95.5 Å². The van der Waals surface area contributed by atoms with Crippen LogP contribution in [0.4, 0.5) is 0 Å². The Morgan fingerprint density at radius 1 is 1.38 bits per heavy atom. The van der Waals surface area contributed by atoms with E-state index >= 15 is 0 Å². The van der Waals surface area contributed by atoms with Crippen molar-refractivity contribution < 1.29 is 9.90 Å². The molecule has 0 heterocycles. The van der Waals surface area contributed by atoms with Crippen LogP contribution in [-0.4, -0.2) is 18.1 Å². The number of aryl methyl sites for hydroxylation is 1. The summed E-state index contributed by atoms with van der Waals surface area (Å²) in [5.41, 5.74) is 1.68. The summed E-state index contributed by atoms with van der Waals surface area (Å²) in [4.78, 5) is 11.3. The topological polar surface area (TPSA) is 49.3 Å². The zero-order valence-electron chi connectivity index (χ0n) is 9.66. The fraction of sp³-hybridized carbons (Fsp3) is 0.462. The third-order valence-electron chi connectivity index (χ3n) is 3.47. The van der Waals surface area contributed by atoms with Crippen LogP contribution in [0.25, 0.3) is 0 Å². The summed E-state index contributed by atoms with van der Waals surface area (Å²) in [6.45, 7) is 2.03. The van der Waals surface area contributed by atoms with Gasteiger partial charge in [-0.2, -0.15) is 0 Å². The molecule has 0 spiro atoms. The Bertz CT molecular complexity index is 393. The number of carboxylic acids is 1. The fourth-order valence-corrected chi connectivity index (χ4v) is 2.28. The summed E-state index contributed by atoms with van der Waals surface area (Å²) < 4.78 is 0. The largest absolute Gasteiger partial charge is 0.481 e. The van der Waals surface area contributed by atoms with Gasteiger partial charge >= 0.3 is 5.97 Å². The molecule has 3 nitrogen and oxygen atoms in total. The second-order valence-electron chi connectivity index (χ2n) is 4.59. The van der Waals surface area contributed by atoms with Crippen molar-refractivity contribution in [3.8, 4) is 0 Å². The van der Waals surface area contributed by atoms with Crippen LogP contribution < -0.4 is 5.32 Å². The molecule has 1 fully saturated rings. The van der Waals surface area contributed by atoms with Gasteiger partial charge in [-0.15, -0.1) is 0 Å². The molecule has 3 heteroatoms. The Hall–Kier alpha value is -1.35. The van der Waals surface area contributed by atoms with E-state index in [2.05, 4.69) is 5.32 Å². The number of carboxylic acid groups (broad SMARTS) is 1. The van der Waals surface area contributed by atoms with Gasteiger partial charge in [0.25, 0.3) is 0 Å². The van der Waals surface area contributed by atoms with Gasteiger partial charge in [-0.25, -0.2) is 0 Å². The lowest BCUT2D eigenvalue weighted by Gasteiger charge is -2.23. The highest BCUT2D eigenvalue weighted by Gasteiger charge is 2.56. The van der Waals surface area contributed by atoms with Crippen LogP contribution in [-0.2, 0) is 4.79 Å². The zero-order valence-corrected chi connectivity index (χ0v) is 9.66. The van der Waals surface area contributed by atoms with Crippen LogP contribution in [0.3, 0.4) is 0 Å². The fourth-order valence-electron chi connectivity index (χ4n) is 2.28. The van der Waals surface area contributed by atoms with E-state index in [1.807, 2.05) is 38.2 Å². The maximum atomic E-state index is 11.3. The third-order valence-corrected chi connectivity index (χ3v) is 3.47. The third kappa shape index (κ3) is 1.71. The zero-order chi connectivity index (χ0) is 11.8. The molecule has 0 radical (unpaired) electrons. The van der Waals surface area contributed by atoms with E-state index in [0.717, 1.165) is 18.4 Å². The van der Waals surface area contributed by atoms with E-state index in [0.29, 0.717) is 0 Å².